The van der Waals surface area contributed by atoms with Gasteiger partial charge in [0.05, 0.1) is 11.9 Å². The molecule has 4 nitrogen and oxygen atoms in total. The molecule has 0 heterocycles. The van der Waals surface area contributed by atoms with E-state index in [0.29, 0.717) is 10.8 Å². The van der Waals surface area contributed by atoms with Gasteiger partial charge in [0, 0.05) is 0 Å². The van der Waals surface area contributed by atoms with Gasteiger partial charge in [-0.25, -0.2) is 0 Å². The molecular formula is C12H7ClK2O4. The Labute approximate surface area is 201 Å². The summed E-state index contributed by atoms with van der Waals surface area (Å²) < 4.78 is 0. The molecular weight excluding hydrogens is 322 g/mol. The molecule has 0 saturated carbocycles. The van der Waals surface area contributed by atoms with E-state index in [9.17, 15) is 19.8 Å². The minimum atomic E-state index is -1.26. The number of carbonyl (C=O) groups is 2. The fourth-order valence-electron chi connectivity index (χ4n) is 1.50. The average Bonchev–Trinajstić information content (AvgIpc) is 2.27. The molecule has 0 aliphatic carbocycles. The van der Waals surface area contributed by atoms with Crippen LogP contribution in [0, 0.1) is 0 Å². The second-order valence-corrected chi connectivity index (χ2v) is 3.35. The number of benzene rings is 2. The quantitative estimate of drug-likeness (QED) is 0.514. The zero-order valence-corrected chi connectivity index (χ0v) is 17.6. The van der Waals surface area contributed by atoms with Gasteiger partial charge in [-0.1, -0.05) is 24.3 Å². The molecule has 19 heavy (non-hydrogen) atoms. The Morgan fingerprint density at radius 2 is 1.05 bits per heavy atom. The fraction of sp³-hybridized carbons (Fsp3) is 0. The number of halogens is 1. The van der Waals surface area contributed by atoms with Gasteiger partial charge in [0.2, 0.25) is 0 Å². The Bertz CT molecular complexity index is 548. The largest absolute Gasteiger partial charge is 1.00 e. The first-order chi connectivity index (χ1) is 7.58. The fourth-order valence-corrected chi connectivity index (χ4v) is 1.50. The topological polar surface area (TPSA) is 80.3 Å². The summed E-state index contributed by atoms with van der Waals surface area (Å²) in [5.41, 5.74) is 0.127. The predicted molar refractivity (Wildman–Crippen MR) is 59.9 cm³/mol. The van der Waals surface area contributed by atoms with Crippen molar-refractivity contribution in [1.29, 1.82) is 0 Å². The maximum absolute atomic E-state index is 10.6. The summed E-state index contributed by atoms with van der Waals surface area (Å²) in [5.74, 6) is -2.52. The van der Waals surface area contributed by atoms with Gasteiger partial charge in [-0.2, -0.15) is 0 Å². The van der Waals surface area contributed by atoms with E-state index in [4.69, 9.17) is 0 Å². The molecule has 0 saturated heterocycles. The molecule has 0 N–H and O–H groups in total. The molecule has 0 radical (unpaired) electrons. The van der Waals surface area contributed by atoms with Crippen LogP contribution in [0.2, 0.25) is 0 Å². The minimum absolute atomic E-state index is 0. The average molecular weight is 329 g/mol. The molecule has 0 aromatic heterocycles. The van der Waals surface area contributed by atoms with Crippen molar-refractivity contribution in [3.8, 4) is 0 Å². The van der Waals surface area contributed by atoms with Gasteiger partial charge in [0.25, 0.3) is 0 Å². The molecule has 0 unspecified atom stereocenters. The van der Waals surface area contributed by atoms with Crippen LogP contribution in [-0.2, 0) is 0 Å². The molecule has 0 atom stereocenters. The van der Waals surface area contributed by atoms with Crippen LogP contribution in [0.5, 0.6) is 0 Å². The third-order valence-corrected chi connectivity index (χ3v) is 2.31. The van der Waals surface area contributed by atoms with Crippen LogP contribution < -0.4 is 113 Å². The Morgan fingerprint density at radius 1 is 0.737 bits per heavy atom. The van der Waals surface area contributed by atoms with Crippen LogP contribution in [0.25, 0.3) is 10.8 Å². The zero-order valence-electron chi connectivity index (χ0n) is 10.5. The maximum atomic E-state index is 10.6. The van der Waals surface area contributed by atoms with Gasteiger partial charge in [0.15, 0.2) is 0 Å². The summed E-state index contributed by atoms with van der Waals surface area (Å²) in [6.07, 6.45) is 0. The van der Waals surface area contributed by atoms with E-state index in [1.54, 1.807) is 0 Å². The van der Waals surface area contributed by atoms with Crippen molar-refractivity contribution in [3.63, 3.8) is 0 Å². The number of carbonyl (C=O) groups excluding carboxylic acids is 2. The van der Waals surface area contributed by atoms with E-state index in [-0.39, 0.29) is 126 Å². The molecule has 0 aliphatic rings. The number of rotatable bonds is 2. The van der Waals surface area contributed by atoms with Crippen molar-refractivity contribution in [2.75, 3.05) is 0 Å². The standard InChI is InChI=1S/C12H8O4.ClH.2K/c13-11(14)9-3-1-7-5-10(12(15)16)4-2-8(7)6-9;;;/h1-6H,(H,13,14)(H,15,16);1H;;/q;;2*+1/p-2. The molecule has 0 bridgehead atoms. The minimum Gasteiger partial charge on any atom is -0.545 e. The molecule has 0 amide bonds. The summed E-state index contributed by atoms with van der Waals surface area (Å²) in [4.78, 5) is 21.2. The van der Waals surface area contributed by atoms with Gasteiger partial charge in [-0.15, -0.1) is 12.4 Å². The van der Waals surface area contributed by atoms with Crippen LogP contribution >= 0.6 is 12.4 Å². The summed E-state index contributed by atoms with van der Waals surface area (Å²) >= 11 is 0. The van der Waals surface area contributed by atoms with Gasteiger partial charge in [-0.3, -0.25) is 0 Å². The van der Waals surface area contributed by atoms with E-state index >= 15 is 0 Å². The SMILES string of the molecule is Cl.O=C([O-])c1ccc2cc(C(=O)[O-])ccc2c1.[K+].[K+]. The third kappa shape index (κ3) is 5.84. The van der Waals surface area contributed by atoms with Gasteiger partial charge < -0.3 is 19.8 Å². The Kier molecular flexibility index (Phi) is 11.9. The van der Waals surface area contributed by atoms with Crippen LogP contribution in [0.1, 0.15) is 20.7 Å². The van der Waals surface area contributed by atoms with E-state index in [1.807, 2.05) is 0 Å². The summed E-state index contributed by atoms with van der Waals surface area (Å²) in [6, 6.07) is 8.68. The van der Waals surface area contributed by atoms with E-state index < -0.39 is 11.9 Å². The van der Waals surface area contributed by atoms with Crippen molar-refractivity contribution >= 4 is 35.1 Å². The number of carboxylic acid groups (broad SMARTS) is 2. The second-order valence-electron chi connectivity index (χ2n) is 3.35. The molecule has 7 heteroatoms. The summed E-state index contributed by atoms with van der Waals surface area (Å²) in [7, 11) is 0. The second kappa shape index (κ2) is 10.0. The van der Waals surface area contributed by atoms with Crippen molar-refractivity contribution in [3.05, 3.63) is 47.5 Å². The van der Waals surface area contributed by atoms with E-state index in [1.165, 1.54) is 36.4 Å². The van der Waals surface area contributed by atoms with Crippen LogP contribution in [0.3, 0.4) is 0 Å². The Hall–Kier alpha value is 1.20. The number of aromatic carboxylic acids is 2. The number of hydrogen-bond acceptors (Lipinski definition) is 4. The van der Waals surface area contributed by atoms with Gasteiger partial charge in [0.1, 0.15) is 0 Å². The smallest absolute Gasteiger partial charge is 0.545 e. The molecule has 88 valence electrons. The molecule has 2 aromatic rings. The van der Waals surface area contributed by atoms with Crippen molar-refractivity contribution in [1.82, 2.24) is 0 Å². The number of fused-ring (bicyclic) bond motifs is 1. The first-order valence-corrected chi connectivity index (χ1v) is 4.54. The maximum Gasteiger partial charge on any atom is 1.00 e. The van der Waals surface area contributed by atoms with Crippen LogP contribution in [-0.4, -0.2) is 11.9 Å². The first kappa shape index (κ1) is 22.5. The molecule has 2 rings (SSSR count). The summed E-state index contributed by atoms with van der Waals surface area (Å²) in [5, 5.41) is 22.5. The molecule has 2 aromatic carbocycles. The molecule has 0 spiro atoms. The predicted octanol–water partition coefficient (Wildman–Crippen LogP) is -6.00. The molecule has 0 aliphatic heterocycles. The summed E-state index contributed by atoms with van der Waals surface area (Å²) in [6.45, 7) is 0. The van der Waals surface area contributed by atoms with Crippen LogP contribution in [0.15, 0.2) is 36.4 Å². The Balaban J connectivity index is 0. The van der Waals surface area contributed by atoms with Crippen molar-refractivity contribution in [2.24, 2.45) is 0 Å². The van der Waals surface area contributed by atoms with Crippen molar-refractivity contribution in [2.45, 2.75) is 0 Å². The monoisotopic (exact) mass is 328 g/mol. The van der Waals surface area contributed by atoms with Crippen LogP contribution in [0.4, 0.5) is 0 Å². The zero-order chi connectivity index (χ0) is 11.7. The van der Waals surface area contributed by atoms with E-state index in [0.717, 1.165) is 0 Å². The molecule has 0 fully saturated rings. The normalized spacial score (nSPS) is 8.63. The number of hydrogen-bond donors (Lipinski definition) is 0. The van der Waals surface area contributed by atoms with E-state index in [2.05, 4.69) is 0 Å². The Morgan fingerprint density at radius 3 is 1.32 bits per heavy atom. The number of carboxylic acids is 2. The third-order valence-electron chi connectivity index (χ3n) is 2.31. The first-order valence-electron chi connectivity index (χ1n) is 4.54. The van der Waals surface area contributed by atoms with Gasteiger partial charge in [-0.05, 0) is 34.0 Å². The van der Waals surface area contributed by atoms with Crippen molar-refractivity contribution < 1.29 is 123 Å². The van der Waals surface area contributed by atoms with Gasteiger partial charge >= 0.3 is 103 Å².